The highest BCUT2D eigenvalue weighted by Crippen LogP contribution is 2.34. The van der Waals surface area contributed by atoms with E-state index in [-0.39, 0.29) is 11.7 Å². The van der Waals surface area contributed by atoms with Crippen LogP contribution in [0.2, 0.25) is 0 Å². The number of phenolic OH excluding ortho intramolecular Hbond substituents is 1. The van der Waals surface area contributed by atoms with Gasteiger partial charge in [-0.05, 0) is 96.4 Å². The van der Waals surface area contributed by atoms with Crippen LogP contribution in [0.25, 0.3) is 0 Å². The maximum Gasteiger partial charge on any atom is 0.115 e. The third kappa shape index (κ3) is 5.73. The molecular formula is C32H28N2OS. The van der Waals surface area contributed by atoms with E-state index in [1.807, 2.05) is 36.4 Å². The quantitative estimate of drug-likeness (QED) is 0.105. The van der Waals surface area contributed by atoms with Crippen LogP contribution in [0.5, 0.6) is 5.75 Å². The van der Waals surface area contributed by atoms with Crippen LogP contribution in [0.1, 0.15) is 28.2 Å². The van der Waals surface area contributed by atoms with Crippen LogP contribution in [0, 0.1) is 6.92 Å². The van der Waals surface area contributed by atoms with Gasteiger partial charge in [-0.1, -0.05) is 54.1 Å². The second-order valence-electron chi connectivity index (χ2n) is 8.93. The number of rotatable bonds is 7. The van der Waals surface area contributed by atoms with E-state index in [1.54, 1.807) is 12.1 Å². The molecule has 5 aromatic rings. The molecule has 0 amide bonds. The lowest BCUT2D eigenvalue weighted by Crippen LogP contribution is -2.04. The molecule has 0 aliphatic rings. The van der Waals surface area contributed by atoms with E-state index in [2.05, 4.69) is 103 Å². The van der Waals surface area contributed by atoms with Crippen molar-refractivity contribution in [1.29, 1.82) is 0 Å². The maximum absolute atomic E-state index is 9.52. The molecule has 3 nitrogen and oxygen atoms in total. The number of benzene rings is 5. The standard InChI is InChI=1S/C32H28N2OS/c1-22-2-4-23(5-3-22)32(24-6-10-26(11-7-24)33-28-14-18-30(35)19-15-28)25-8-12-27(13-9-25)34-29-16-20-31(36)21-17-29/h2-21,32-36H,1H3. The normalized spacial score (nSPS) is 11.6. The number of nitrogens with one attached hydrogen (secondary N) is 2. The van der Waals surface area contributed by atoms with Gasteiger partial charge in [-0.25, -0.2) is 0 Å². The molecule has 178 valence electrons. The Bertz CT molecular complexity index is 1320. The predicted molar refractivity (Wildman–Crippen MR) is 153 cm³/mol. The molecule has 1 atom stereocenters. The van der Waals surface area contributed by atoms with Crippen LogP contribution < -0.4 is 10.6 Å². The van der Waals surface area contributed by atoms with Gasteiger partial charge in [0.05, 0.1) is 0 Å². The molecule has 0 radical (unpaired) electrons. The van der Waals surface area contributed by atoms with E-state index < -0.39 is 0 Å². The first-order valence-corrected chi connectivity index (χ1v) is 12.4. The van der Waals surface area contributed by atoms with Gasteiger partial charge in [-0.15, -0.1) is 12.6 Å². The molecule has 0 aliphatic carbocycles. The monoisotopic (exact) mass is 488 g/mol. The van der Waals surface area contributed by atoms with Crippen molar-refractivity contribution in [3.63, 3.8) is 0 Å². The van der Waals surface area contributed by atoms with Gasteiger partial charge in [0, 0.05) is 33.6 Å². The van der Waals surface area contributed by atoms with Gasteiger partial charge >= 0.3 is 0 Å². The smallest absolute Gasteiger partial charge is 0.115 e. The average Bonchev–Trinajstić information content (AvgIpc) is 2.90. The van der Waals surface area contributed by atoms with Crippen LogP contribution in [0.3, 0.4) is 0 Å². The maximum atomic E-state index is 9.52. The summed E-state index contributed by atoms with van der Waals surface area (Å²) >= 11 is 4.36. The molecule has 36 heavy (non-hydrogen) atoms. The molecule has 5 rings (SSSR count). The van der Waals surface area contributed by atoms with Crippen molar-refractivity contribution >= 4 is 35.4 Å². The van der Waals surface area contributed by atoms with E-state index in [1.165, 1.54) is 22.3 Å². The number of anilines is 4. The number of aromatic hydroxyl groups is 1. The van der Waals surface area contributed by atoms with E-state index >= 15 is 0 Å². The van der Waals surface area contributed by atoms with Gasteiger partial charge in [0.25, 0.3) is 0 Å². The van der Waals surface area contributed by atoms with Crippen molar-refractivity contribution in [3.05, 3.63) is 144 Å². The summed E-state index contributed by atoms with van der Waals surface area (Å²) in [5, 5.41) is 16.4. The number of thiol groups is 1. The Balaban J connectivity index is 1.41. The van der Waals surface area contributed by atoms with Gasteiger partial charge in [0.15, 0.2) is 0 Å². The highest BCUT2D eigenvalue weighted by atomic mass is 32.1. The minimum Gasteiger partial charge on any atom is -0.508 e. The fourth-order valence-electron chi connectivity index (χ4n) is 4.28. The van der Waals surface area contributed by atoms with Crippen LogP contribution >= 0.6 is 12.6 Å². The summed E-state index contributed by atoms with van der Waals surface area (Å²) in [6, 6.07) is 41.1. The van der Waals surface area contributed by atoms with Crippen molar-refractivity contribution in [3.8, 4) is 5.75 Å². The molecule has 0 heterocycles. The van der Waals surface area contributed by atoms with Crippen molar-refractivity contribution < 1.29 is 5.11 Å². The van der Waals surface area contributed by atoms with E-state index in [0.717, 1.165) is 27.6 Å². The number of phenols is 1. The fraction of sp³-hybridized carbons (Fsp3) is 0.0625. The van der Waals surface area contributed by atoms with Crippen LogP contribution in [0.15, 0.2) is 126 Å². The lowest BCUT2D eigenvalue weighted by molar-refractivity contribution is 0.475. The molecule has 4 heteroatoms. The fourth-order valence-corrected chi connectivity index (χ4v) is 4.43. The molecule has 3 N–H and O–H groups in total. The predicted octanol–water partition coefficient (Wildman–Crippen LogP) is 8.66. The first kappa shape index (κ1) is 23.6. The summed E-state index contributed by atoms with van der Waals surface area (Å²) in [7, 11) is 0. The molecular weight excluding hydrogens is 460 g/mol. The Hall–Kier alpha value is -4.15. The van der Waals surface area contributed by atoms with Crippen LogP contribution in [-0.2, 0) is 0 Å². The topological polar surface area (TPSA) is 44.3 Å². The minimum absolute atomic E-state index is 0.117. The molecule has 0 spiro atoms. The first-order chi connectivity index (χ1) is 17.5. The largest absolute Gasteiger partial charge is 0.508 e. The van der Waals surface area contributed by atoms with Crippen molar-refractivity contribution in [1.82, 2.24) is 0 Å². The van der Waals surface area contributed by atoms with Gasteiger partial charge in [-0.2, -0.15) is 0 Å². The summed E-state index contributed by atoms with van der Waals surface area (Å²) in [4.78, 5) is 0.945. The van der Waals surface area contributed by atoms with Gasteiger partial charge in [-0.3, -0.25) is 0 Å². The lowest BCUT2D eigenvalue weighted by Gasteiger charge is -2.20. The number of aryl methyl sites for hydroxylation is 1. The summed E-state index contributed by atoms with van der Waals surface area (Å²) < 4.78 is 0. The van der Waals surface area contributed by atoms with Gasteiger partial charge in [0.2, 0.25) is 0 Å². The zero-order valence-corrected chi connectivity index (χ0v) is 20.9. The molecule has 0 saturated heterocycles. The Kier molecular flexibility index (Phi) is 6.96. The molecule has 1 unspecified atom stereocenters. The SMILES string of the molecule is Cc1ccc(C(c2ccc(Nc3ccc(O)cc3)cc2)c2ccc(Nc3ccc(S)cc3)cc2)cc1. The zero-order chi connectivity index (χ0) is 24.9. The lowest BCUT2D eigenvalue weighted by atomic mass is 9.84. The highest BCUT2D eigenvalue weighted by Gasteiger charge is 2.17. The van der Waals surface area contributed by atoms with Crippen LogP contribution in [-0.4, -0.2) is 5.11 Å². The molecule has 0 fully saturated rings. The van der Waals surface area contributed by atoms with Crippen LogP contribution in [0.4, 0.5) is 22.7 Å². The first-order valence-electron chi connectivity index (χ1n) is 11.9. The van der Waals surface area contributed by atoms with E-state index in [4.69, 9.17) is 0 Å². The number of hydrogen-bond acceptors (Lipinski definition) is 4. The third-order valence-corrected chi connectivity index (χ3v) is 6.51. The average molecular weight is 489 g/mol. The summed E-state index contributed by atoms with van der Waals surface area (Å²) in [5.74, 6) is 0.375. The zero-order valence-electron chi connectivity index (χ0n) is 20.0. The van der Waals surface area contributed by atoms with Gasteiger partial charge in [0.1, 0.15) is 5.75 Å². The molecule has 0 aromatic heterocycles. The summed E-state index contributed by atoms with van der Waals surface area (Å²) in [6.07, 6.45) is 0. The molecule has 0 bridgehead atoms. The highest BCUT2D eigenvalue weighted by molar-refractivity contribution is 7.80. The van der Waals surface area contributed by atoms with Crippen molar-refractivity contribution in [2.24, 2.45) is 0 Å². The third-order valence-electron chi connectivity index (χ3n) is 6.21. The van der Waals surface area contributed by atoms with Crippen molar-refractivity contribution in [2.75, 3.05) is 10.6 Å². The molecule has 5 aromatic carbocycles. The second-order valence-corrected chi connectivity index (χ2v) is 9.45. The second kappa shape index (κ2) is 10.6. The molecule has 0 saturated carbocycles. The van der Waals surface area contributed by atoms with Gasteiger partial charge < -0.3 is 15.7 Å². The van der Waals surface area contributed by atoms with Crippen molar-refractivity contribution in [2.45, 2.75) is 17.7 Å². The van der Waals surface area contributed by atoms with E-state index in [9.17, 15) is 5.11 Å². The summed E-state index contributed by atoms with van der Waals surface area (Å²) in [5.41, 5.74) is 8.97. The Morgan fingerprint density at radius 3 is 1.25 bits per heavy atom. The molecule has 0 aliphatic heterocycles. The summed E-state index contributed by atoms with van der Waals surface area (Å²) in [6.45, 7) is 2.11. The minimum atomic E-state index is 0.117. The van der Waals surface area contributed by atoms with E-state index in [0.29, 0.717) is 0 Å². The Morgan fingerprint density at radius 2 is 0.833 bits per heavy atom. The number of hydrogen-bond donors (Lipinski definition) is 4. The Morgan fingerprint density at radius 1 is 0.500 bits per heavy atom. The Labute approximate surface area is 217 Å².